The number of thioether (sulfide) groups is 1. The third-order valence-electron chi connectivity index (χ3n) is 3.74. The summed E-state index contributed by atoms with van der Waals surface area (Å²) < 4.78 is 18.9. The van der Waals surface area contributed by atoms with Crippen LogP contribution < -0.4 is 0 Å². The predicted molar refractivity (Wildman–Crippen MR) is 97.9 cm³/mol. The minimum Gasteiger partial charge on any atom is -0.411 e. The summed E-state index contributed by atoms with van der Waals surface area (Å²) in [5, 5.41) is 8.32. The minimum absolute atomic E-state index is 0.0683. The van der Waals surface area contributed by atoms with Crippen molar-refractivity contribution >= 4 is 17.7 Å². The maximum absolute atomic E-state index is 13.3. The zero-order chi connectivity index (χ0) is 18.4. The molecule has 0 N–H and O–H groups in total. The summed E-state index contributed by atoms with van der Waals surface area (Å²) in [6, 6.07) is 15.7. The van der Waals surface area contributed by atoms with E-state index < -0.39 is 0 Å². The molecule has 3 rings (SSSR count). The molecule has 0 aliphatic heterocycles. The van der Waals surface area contributed by atoms with Gasteiger partial charge in [-0.1, -0.05) is 42.1 Å². The molecule has 0 unspecified atom stereocenters. The lowest BCUT2D eigenvalue weighted by atomic mass is 10.2. The molecule has 1 heterocycles. The molecule has 2 aromatic carbocycles. The van der Waals surface area contributed by atoms with E-state index in [-0.39, 0.29) is 17.5 Å². The van der Waals surface area contributed by atoms with Crippen LogP contribution in [0.2, 0.25) is 0 Å². The first-order valence-electron chi connectivity index (χ1n) is 8.19. The number of benzene rings is 2. The second-order valence-electron chi connectivity index (χ2n) is 5.57. The van der Waals surface area contributed by atoms with Crippen molar-refractivity contribution in [2.24, 2.45) is 0 Å². The van der Waals surface area contributed by atoms with Crippen molar-refractivity contribution in [3.63, 3.8) is 0 Å². The van der Waals surface area contributed by atoms with Gasteiger partial charge in [0.15, 0.2) is 0 Å². The molecule has 26 heavy (non-hydrogen) atoms. The Balaban J connectivity index is 1.58. The second kappa shape index (κ2) is 8.62. The number of nitrogens with zero attached hydrogens (tertiary/aromatic N) is 3. The van der Waals surface area contributed by atoms with E-state index in [2.05, 4.69) is 10.2 Å². The van der Waals surface area contributed by atoms with E-state index in [0.717, 1.165) is 11.1 Å². The molecule has 0 atom stereocenters. The topological polar surface area (TPSA) is 59.2 Å². The van der Waals surface area contributed by atoms with Gasteiger partial charge in [-0.2, -0.15) is 0 Å². The van der Waals surface area contributed by atoms with E-state index in [4.69, 9.17) is 4.42 Å². The van der Waals surface area contributed by atoms with Crippen LogP contribution in [0.1, 0.15) is 12.5 Å². The highest BCUT2D eigenvalue weighted by Gasteiger charge is 2.16. The van der Waals surface area contributed by atoms with Gasteiger partial charge in [-0.15, -0.1) is 10.2 Å². The third kappa shape index (κ3) is 4.70. The molecule has 134 valence electrons. The normalized spacial score (nSPS) is 10.7. The number of aromatic nitrogens is 2. The molecule has 0 fully saturated rings. The van der Waals surface area contributed by atoms with Gasteiger partial charge in [-0.25, -0.2) is 4.39 Å². The van der Waals surface area contributed by atoms with E-state index in [1.165, 1.54) is 23.9 Å². The Morgan fingerprint density at radius 1 is 1.15 bits per heavy atom. The summed E-state index contributed by atoms with van der Waals surface area (Å²) >= 11 is 1.20. The molecule has 0 aliphatic carbocycles. The summed E-state index contributed by atoms with van der Waals surface area (Å²) in [5.41, 5.74) is 1.59. The maximum Gasteiger partial charge on any atom is 0.277 e. The Labute approximate surface area is 155 Å². The maximum atomic E-state index is 13.3. The van der Waals surface area contributed by atoms with Crippen LogP contribution in [-0.4, -0.2) is 33.3 Å². The molecule has 1 amide bonds. The molecule has 0 spiro atoms. The van der Waals surface area contributed by atoms with Crippen molar-refractivity contribution in [2.75, 3.05) is 12.3 Å². The minimum atomic E-state index is -0.306. The fraction of sp³-hybridized carbons (Fsp3) is 0.211. The summed E-state index contributed by atoms with van der Waals surface area (Å²) in [5.74, 6) is 0.230. The molecule has 0 saturated carbocycles. The van der Waals surface area contributed by atoms with Gasteiger partial charge < -0.3 is 9.32 Å². The highest BCUT2D eigenvalue weighted by molar-refractivity contribution is 7.99. The number of carbonyl (C=O) groups is 1. The molecule has 0 bridgehead atoms. The number of carbonyl (C=O) groups excluding carboxylic acids is 1. The molecular weight excluding hydrogens is 353 g/mol. The smallest absolute Gasteiger partial charge is 0.277 e. The lowest BCUT2D eigenvalue weighted by Gasteiger charge is -2.20. The van der Waals surface area contributed by atoms with E-state index in [1.54, 1.807) is 17.0 Å². The summed E-state index contributed by atoms with van der Waals surface area (Å²) in [4.78, 5) is 14.1. The van der Waals surface area contributed by atoms with Crippen LogP contribution in [-0.2, 0) is 11.3 Å². The number of amides is 1. The van der Waals surface area contributed by atoms with Crippen LogP contribution in [0.25, 0.3) is 11.5 Å². The van der Waals surface area contributed by atoms with E-state index in [1.807, 2.05) is 37.3 Å². The Kier molecular flexibility index (Phi) is 6.01. The lowest BCUT2D eigenvalue weighted by Crippen LogP contribution is -2.31. The first-order valence-corrected chi connectivity index (χ1v) is 9.18. The van der Waals surface area contributed by atoms with Crippen LogP contribution in [0.4, 0.5) is 4.39 Å². The van der Waals surface area contributed by atoms with Gasteiger partial charge in [0.1, 0.15) is 5.82 Å². The molecule has 1 aromatic heterocycles. The first-order chi connectivity index (χ1) is 12.7. The van der Waals surface area contributed by atoms with Crippen molar-refractivity contribution < 1.29 is 13.6 Å². The largest absolute Gasteiger partial charge is 0.411 e. The fourth-order valence-corrected chi connectivity index (χ4v) is 3.08. The van der Waals surface area contributed by atoms with Gasteiger partial charge in [0.25, 0.3) is 5.22 Å². The van der Waals surface area contributed by atoms with Crippen LogP contribution in [0.15, 0.2) is 64.2 Å². The van der Waals surface area contributed by atoms with Crippen molar-refractivity contribution in [1.82, 2.24) is 15.1 Å². The highest BCUT2D eigenvalue weighted by atomic mass is 32.2. The molecule has 7 heteroatoms. The van der Waals surface area contributed by atoms with Gasteiger partial charge in [-0.3, -0.25) is 4.79 Å². The molecule has 0 radical (unpaired) electrons. The number of hydrogen-bond acceptors (Lipinski definition) is 5. The molecular formula is C19H18FN3O2S. The number of rotatable bonds is 7. The van der Waals surface area contributed by atoms with Crippen LogP contribution in [0, 0.1) is 5.82 Å². The average molecular weight is 371 g/mol. The zero-order valence-corrected chi connectivity index (χ0v) is 15.1. The standard InChI is InChI=1S/C19H18FN3O2S/c1-2-23(12-14-7-6-10-16(20)11-14)17(24)13-26-19-22-21-18(25-19)15-8-4-3-5-9-15/h3-11H,2,12-13H2,1H3. The summed E-state index contributed by atoms with van der Waals surface area (Å²) in [7, 11) is 0. The predicted octanol–water partition coefficient (Wildman–Crippen LogP) is 4.02. The fourth-order valence-electron chi connectivity index (χ4n) is 2.41. The van der Waals surface area contributed by atoms with Gasteiger partial charge in [0, 0.05) is 18.7 Å². The molecule has 0 saturated heterocycles. The van der Waals surface area contributed by atoms with Gasteiger partial charge in [-0.05, 0) is 36.8 Å². The molecule has 0 aliphatic rings. The summed E-state index contributed by atoms with van der Waals surface area (Å²) in [6.07, 6.45) is 0. The van der Waals surface area contributed by atoms with Gasteiger partial charge >= 0.3 is 0 Å². The average Bonchev–Trinajstić information content (AvgIpc) is 3.14. The quantitative estimate of drug-likeness (QED) is 0.587. The van der Waals surface area contributed by atoms with Crippen LogP contribution >= 0.6 is 11.8 Å². The van der Waals surface area contributed by atoms with Crippen molar-refractivity contribution in [1.29, 1.82) is 0 Å². The molecule has 3 aromatic rings. The zero-order valence-electron chi connectivity index (χ0n) is 14.3. The van der Waals surface area contributed by atoms with E-state index in [0.29, 0.717) is 24.2 Å². The number of hydrogen-bond donors (Lipinski definition) is 0. The van der Waals surface area contributed by atoms with E-state index >= 15 is 0 Å². The Hall–Kier alpha value is -2.67. The first kappa shape index (κ1) is 18.1. The summed E-state index contributed by atoms with van der Waals surface area (Å²) in [6.45, 7) is 2.80. The van der Waals surface area contributed by atoms with Crippen molar-refractivity contribution in [2.45, 2.75) is 18.7 Å². The Morgan fingerprint density at radius 3 is 2.69 bits per heavy atom. The Bertz CT molecular complexity index is 870. The van der Waals surface area contributed by atoms with Gasteiger partial charge in [0.05, 0.1) is 5.75 Å². The monoisotopic (exact) mass is 371 g/mol. The van der Waals surface area contributed by atoms with Crippen molar-refractivity contribution in [3.05, 3.63) is 66.0 Å². The lowest BCUT2D eigenvalue weighted by molar-refractivity contribution is -0.128. The molecule has 5 nitrogen and oxygen atoms in total. The second-order valence-corrected chi connectivity index (χ2v) is 6.49. The van der Waals surface area contributed by atoms with E-state index in [9.17, 15) is 9.18 Å². The van der Waals surface area contributed by atoms with Crippen molar-refractivity contribution in [3.8, 4) is 11.5 Å². The highest BCUT2D eigenvalue weighted by Crippen LogP contribution is 2.23. The van der Waals surface area contributed by atoms with Crippen LogP contribution in [0.3, 0.4) is 0 Å². The van der Waals surface area contributed by atoms with Crippen LogP contribution in [0.5, 0.6) is 0 Å². The SMILES string of the molecule is CCN(Cc1cccc(F)c1)C(=O)CSc1nnc(-c2ccccc2)o1. The Morgan fingerprint density at radius 2 is 1.96 bits per heavy atom. The number of halogens is 1. The van der Waals surface area contributed by atoms with Gasteiger partial charge in [0.2, 0.25) is 11.8 Å². The third-order valence-corrected chi connectivity index (χ3v) is 4.55.